The number of rotatable bonds is 10. The molecule has 1 aliphatic rings. The van der Waals surface area contributed by atoms with Crippen molar-refractivity contribution < 1.29 is 28.2 Å². The zero-order valence-corrected chi connectivity index (χ0v) is 26.9. The first-order valence-corrected chi connectivity index (χ1v) is 15.7. The molecule has 0 unspecified atom stereocenters. The Morgan fingerprint density at radius 1 is 1.00 bits per heavy atom. The summed E-state index contributed by atoms with van der Waals surface area (Å²) in [5.74, 6) is -0.481. The summed E-state index contributed by atoms with van der Waals surface area (Å²) in [6, 6.07) is 25.1. The molecule has 0 bridgehead atoms. The number of nitro benzene ring substituents is 1. The van der Waals surface area contributed by atoms with Gasteiger partial charge in [0.15, 0.2) is 0 Å². The van der Waals surface area contributed by atoms with Crippen LogP contribution >= 0.6 is 0 Å². The van der Waals surface area contributed by atoms with Crippen LogP contribution in [0.4, 0.5) is 10.1 Å². The summed E-state index contributed by atoms with van der Waals surface area (Å²) in [6.45, 7) is 10.3. The van der Waals surface area contributed by atoms with Gasteiger partial charge in [0.25, 0.3) is 5.69 Å². The van der Waals surface area contributed by atoms with Crippen molar-refractivity contribution in [3.8, 4) is 22.4 Å². The van der Waals surface area contributed by atoms with Crippen molar-refractivity contribution >= 4 is 24.2 Å². The van der Waals surface area contributed by atoms with E-state index in [0.717, 1.165) is 28.1 Å². The van der Waals surface area contributed by atoms with Crippen LogP contribution in [0, 0.1) is 15.9 Å². The quantitative estimate of drug-likeness (QED) is 0.0776. The lowest BCUT2D eigenvalue weighted by molar-refractivity contribution is -0.384. The maximum absolute atomic E-state index is 14.0. The van der Waals surface area contributed by atoms with Crippen molar-refractivity contribution in [2.24, 2.45) is 0 Å². The van der Waals surface area contributed by atoms with Gasteiger partial charge >= 0.3 is 13.1 Å². The number of hydrogen-bond acceptors (Lipinski definition) is 6. The summed E-state index contributed by atoms with van der Waals surface area (Å²) >= 11 is 0. The second kappa shape index (κ2) is 14.0. The van der Waals surface area contributed by atoms with Gasteiger partial charge in [-0.25, -0.2) is 4.39 Å². The van der Waals surface area contributed by atoms with Crippen molar-refractivity contribution in [2.75, 3.05) is 0 Å². The Labute approximate surface area is 269 Å². The van der Waals surface area contributed by atoms with Gasteiger partial charge in [-0.15, -0.1) is 0 Å². The predicted molar refractivity (Wildman–Crippen MR) is 177 cm³/mol. The Bertz CT molecular complexity index is 1670. The molecule has 1 aliphatic heterocycles. The smallest absolute Gasteiger partial charge is 0.460 e. The highest BCUT2D eigenvalue weighted by Gasteiger charge is 2.38. The van der Waals surface area contributed by atoms with Crippen LogP contribution in [0.2, 0.25) is 0 Å². The Hall–Kier alpha value is -4.28. The van der Waals surface area contributed by atoms with E-state index in [1.54, 1.807) is 24.3 Å². The minimum atomic E-state index is -0.892. The van der Waals surface area contributed by atoms with Crippen LogP contribution in [0.15, 0.2) is 84.9 Å². The first-order valence-electron chi connectivity index (χ1n) is 15.7. The number of hydrogen-bond donors (Lipinski definition) is 0. The monoisotopic (exact) mass is 626 g/mol. The van der Waals surface area contributed by atoms with Gasteiger partial charge in [-0.05, 0) is 86.5 Å². The van der Waals surface area contributed by atoms with Crippen molar-refractivity contribution in [2.45, 2.75) is 84.2 Å². The van der Waals surface area contributed by atoms with E-state index in [0.29, 0.717) is 24.8 Å². The van der Waals surface area contributed by atoms with Gasteiger partial charge < -0.3 is 18.6 Å². The molecule has 1 fully saturated rings. The van der Waals surface area contributed by atoms with Crippen molar-refractivity contribution in [1.82, 2.24) is 4.57 Å². The number of carbonyl (C=O) groups is 1. The van der Waals surface area contributed by atoms with Crippen LogP contribution in [-0.4, -0.2) is 40.4 Å². The highest BCUT2D eigenvalue weighted by atomic mass is 19.1. The van der Waals surface area contributed by atoms with E-state index in [-0.39, 0.29) is 35.9 Å². The highest BCUT2D eigenvalue weighted by molar-refractivity contribution is 6.61. The molecule has 1 aromatic heterocycles. The minimum Gasteiger partial charge on any atom is -0.460 e. The molecule has 46 heavy (non-hydrogen) atoms. The van der Waals surface area contributed by atoms with Gasteiger partial charge in [0.05, 0.1) is 23.1 Å². The van der Waals surface area contributed by atoms with E-state index in [9.17, 15) is 19.3 Å². The lowest BCUT2D eigenvalue weighted by atomic mass is 9.76. The fraction of sp³-hybridized carbons (Fsp3) is 0.361. The van der Waals surface area contributed by atoms with Crippen molar-refractivity contribution in [3.63, 3.8) is 0 Å². The van der Waals surface area contributed by atoms with Crippen LogP contribution in [0.25, 0.3) is 22.4 Å². The Balaban J connectivity index is 1.48. The average Bonchev–Trinajstić information content (AvgIpc) is 3.40. The number of benzene rings is 3. The third-order valence-electron chi connectivity index (χ3n) is 7.92. The average molecular weight is 627 g/mol. The zero-order valence-electron chi connectivity index (χ0n) is 26.9. The van der Waals surface area contributed by atoms with Gasteiger partial charge in [-0.2, -0.15) is 0 Å². The van der Waals surface area contributed by atoms with Gasteiger partial charge in [-0.1, -0.05) is 56.3 Å². The molecular weight excluding hydrogens is 586 g/mol. The zero-order chi connectivity index (χ0) is 33.0. The Morgan fingerprint density at radius 2 is 1.70 bits per heavy atom. The summed E-state index contributed by atoms with van der Waals surface area (Å²) < 4.78 is 34.5. The second-order valence-electron chi connectivity index (χ2n) is 13.0. The van der Waals surface area contributed by atoms with E-state index in [1.807, 2.05) is 39.0 Å². The number of esters is 1. The van der Waals surface area contributed by atoms with Crippen molar-refractivity contribution in [3.05, 3.63) is 107 Å². The maximum Gasteiger partial charge on any atom is 0.494 e. The van der Waals surface area contributed by atoms with E-state index in [4.69, 9.17) is 14.0 Å². The molecule has 10 heteroatoms. The lowest BCUT2D eigenvalue weighted by Gasteiger charge is -2.35. The van der Waals surface area contributed by atoms with Gasteiger partial charge in [-0.3, -0.25) is 14.9 Å². The number of carbonyl (C=O) groups excluding carboxylic acids is 1. The summed E-state index contributed by atoms with van der Waals surface area (Å²) in [4.78, 5) is 23.9. The molecular formula is C36H40BFN2O6. The molecule has 0 spiro atoms. The molecule has 2 heterocycles. The molecule has 2 atom stereocenters. The van der Waals surface area contributed by atoms with Gasteiger partial charge in [0.2, 0.25) is 0 Å². The van der Waals surface area contributed by atoms with Crippen LogP contribution in [-0.2, 0) is 25.4 Å². The summed E-state index contributed by atoms with van der Waals surface area (Å²) in [5, 5.41) is 11.5. The number of aromatic nitrogens is 1. The third kappa shape index (κ3) is 8.11. The summed E-state index contributed by atoms with van der Waals surface area (Å²) in [5.41, 5.74) is 4.94. The van der Waals surface area contributed by atoms with Gasteiger partial charge in [0, 0.05) is 36.0 Å². The molecule has 3 aromatic carbocycles. The molecule has 0 saturated carbocycles. The third-order valence-corrected chi connectivity index (χ3v) is 7.92. The van der Waals surface area contributed by atoms with E-state index in [2.05, 4.69) is 36.6 Å². The SMILES string of the molecule is CC(C)c1cc(-c2ccccc2)c(-c2ccc(F)cc2)n1CC[C@@H]1C[C@H](CC(=O)OC(C)(C)C)OB(c2cccc([N+](=O)[O-])c2)O1. The number of nitro groups is 1. The lowest BCUT2D eigenvalue weighted by Crippen LogP contribution is -2.49. The molecule has 5 rings (SSSR count). The van der Waals surface area contributed by atoms with Crippen LogP contribution in [0.5, 0.6) is 0 Å². The second-order valence-corrected chi connectivity index (χ2v) is 13.0. The van der Waals surface area contributed by atoms with Gasteiger partial charge in [0.1, 0.15) is 11.4 Å². The Morgan fingerprint density at radius 3 is 2.35 bits per heavy atom. The molecule has 0 amide bonds. The van der Waals surface area contributed by atoms with E-state index >= 15 is 0 Å². The number of halogens is 1. The Kier molecular flexibility index (Phi) is 10.1. The summed E-state index contributed by atoms with van der Waals surface area (Å²) in [6.07, 6.45) is 0.219. The van der Waals surface area contributed by atoms with Crippen molar-refractivity contribution in [1.29, 1.82) is 0 Å². The molecule has 8 nitrogen and oxygen atoms in total. The minimum absolute atomic E-state index is 0.0301. The molecule has 240 valence electrons. The number of non-ortho nitro benzene ring substituents is 1. The van der Waals surface area contributed by atoms with Crippen LogP contribution in [0.3, 0.4) is 0 Å². The first kappa shape index (κ1) is 33.1. The largest absolute Gasteiger partial charge is 0.494 e. The topological polar surface area (TPSA) is 92.8 Å². The molecule has 4 aromatic rings. The number of nitrogens with zero attached hydrogens (tertiary/aromatic N) is 2. The fourth-order valence-electron chi connectivity index (χ4n) is 5.93. The van der Waals surface area contributed by atoms with E-state index in [1.165, 1.54) is 24.3 Å². The van der Waals surface area contributed by atoms with Crippen LogP contribution < -0.4 is 5.46 Å². The maximum atomic E-state index is 14.0. The standard InChI is InChI=1S/C36H40BFN2O6/c1-24(2)33-23-32(25-10-7-6-8-11-25)35(26-14-16-28(38)17-15-26)39(33)19-18-30-21-31(22-34(41)44-36(3,4)5)46-37(45-30)27-12-9-13-29(20-27)40(42)43/h6-17,20,23-24,30-31H,18-19,21-22H2,1-5H3/t30-,31-/m1/s1. The molecule has 0 aliphatic carbocycles. The fourth-order valence-corrected chi connectivity index (χ4v) is 5.93. The van der Waals surface area contributed by atoms with Crippen LogP contribution in [0.1, 0.15) is 65.5 Å². The van der Waals surface area contributed by atoms with E-state index < -0.39 is 23.7 Å². The molecule has 0 N–H and O–H groups in total. The normalized spacial score (nSPS) is 16.9. The number of ether oxygens (including phenoxy) is 1. The first-order chi connectivity index (χ1) is 21.9. The molecule has 1 saturated heterocycles. The highest BCUT2D eigenvalue weighted by Crippen LogP contribution is 2.38. The summed E-state index contributed by atoms with van der Waals surface area (Å²) in [7, 11) is -0.892. The predicted octanol–water partition coefficient (Wildman–Crippen LogP) is 7.68. The molecule has 0 radical (unpaired) electrons.